The second-order valence-electron chi connectivity index (χ2n) is 7.30. The number of thioether (sulfide) groups is 1. The Bertz CT molecular complexity index is 1310. The van der Waals surface area contributed by atoms with E-state index in [1.807, 2.05) is 0 Å². The SMILES string of the molecule is O=C1S/C(=C/c2cccc(OCc3ccc([N+](=O)[O-])cc3)c2)C(=O)N1Cc1ccc(Cl)c(Cl)c1. The number of hydrogen-bond donors (Lipinski definition) is 0. The molecule has 172 valence electrons. The minimum atomic E-state index is -0.458. The molecule has 3 aromatic rings. The molecule has 1 saturated heterocycles. The maximum Gasteiger partial charge on any atom is 0.293 e. The Kier molecular flexibility index (Phi) is 7.21. The maximum absolute atomic E-state index is 12.8. The Labute approximate surface area is 209 Å². The molecule has 0 unspecified atom stereocenters. The lowest BCUT2D eigenvalue weighted by Gasteiger charge is -2.13. The second kappa shape index (κ2) is 10.3. The van der Waals surface area contributed by atoms with Gasteiger partial charge in [-0.15, -0.1) is 0 Å². The van der Waals surface area contributed by atoms with Gasteiger partial charge in [0, 0.05) is 12.1 Å². The first-order valence-electron chi connectivity index (χ1n) is 9.95. The summed E-state index contributed by atoms with van der Waals surface area (Å²) in [6.07, 6.45) is 1.64. The number of hydrogen-bond acceptors (Lipinski definition) is 6. The van der Waals surface area contributed by atoms with Crippen molar-refractivity contribution in [1.29, 1.82) is 0 Å². The Morgan fingerprint density at radius 2 is 1.71 bits per heavy atom. The van der Waals surface area contributed by atoms with Gasteiger partial charge in [-0.1, -0.05) is 41.4 Å². The third-order valence-corrected chi connectivity index (χ3v) is 6.55. The molecule has 34 heavy (non-hydrogen) atoms. The molecule has 10 heteroatoms. The van der Waals surface area contributed by atoms with E-state index in [0.29, 0.717) is 31.8 Å². The topological polar surface area (TPSA) is 89.7 Å². The fraction of sp³-hybridized carbons (Fsp3) is 0.0833. The van der Waals surface area contributed by atoms with E-state index >= 15 is 0 Å². The highest BCUT2D eigenvalue weighted by molar-refractivity contribution is 8.18. The Morgan fingerprint density at radius 3 is 2.41 bits per heavy atom. The number of carbonyl (C=O) groups excluding carboxylic acids is 2. The van der Waals surface area contributed by atoms with Gasteiger partial charge < -0.3 is 4.74 Å². The van der Waals surface area contributed by atoms with Crippen LogP contribution >= 0.6 is 35.0 Å². The number of halogens is 2. The number of ether oxygens (including phenoxy) is 1. The highest BCUT2D eigenvalue weighted by Crippen LogP contribution is 2.34. The van der Waals surface area contributed by atoms with Gasteiger partial charge in [0.1, 0.15) is 12.4 Å². The molecule has 0 spiro atoms. The van der Waals surface area contributed by atoms with Gasteiger partial charge in [0.2, 0.25) is 0 Å². The molecule has 1 fully saturated rings. The van der Waals surface area contributed by atoms with Gasteiger partial charge in [0.15, 0.2) is 0 Å². The summed E-state index contributed by atoms with van der Waals surface area (Å²) in [6.45, 7) is 0.318. The average molecular weight is 515 g/mol. The molecule has 1 aliphatic rings. The highest BCUT2D eigenvalue weighted by atomic mass is 35.5. The molecule has 1 heterocycles. The van der Waals surface area contributed by atoms with Crippen molar-refractivity contribution in [3.8, 4) is 5.75 Å². The van der Waals surface area contributed by atoms with E-state index in [9.17, 15) is 19.7 Å². The lowest BCUT2D eigenvalue weighted by atomic mass is 10.2. The number of carbonyl (C=O) groups is 2. The van der Waals surface area contributed by atoms with Crippen LogP contribution < -0.4 is 4.74 Å². The average Bonchev–Trinajstić information content (AvgIpc) is 3.08. The van der Waals surface area contributed by atoms with Crippen LogP contribution in [0.2, 0.25) is 10.0 Å². The van der Waals surface area contributed by atoms with Crippen LogP contribution in [-0.4, -0.2) is 21.0 Å². The summed E-state index contributed by atoms with van der Waals surface area (Å²) in [4.78, 5) is 37.0. The van der Waals surface area contributed by atoms with Crippen molar-refractivity contribution >= 4 is 57.9 Å². The highest BCUT2D eigenvalue weighted by Gasteiger charge is 2.35. The molecule has 0 aliphatic carbocycles. The van der Waals surface area contributed by atoms with Crippen LogP contribution in [0, 0.1) is 10.1 Å². The van der Waals surface area contributed by atoms with E-state index in [4.69, 9.17) is 27.9 Å². The zero-order valence-electron chi connectivity index (χ0n) is 17.4. The van der Waals surface area contributed by atoms with Crippen LogP contribution in [-0.2, 0) is 17.9 Å². The molecule has 0 N–H and O–H groups in total. The summed E-state index contributed by atoms with van der Waals surface area (Å²) in [6, 6.07) is 18.1. The van der Waals surface area contributed by atoms with Gasteiger partial charge in [0.05, 0.1) is 26.4 Å². The monoisotopic (exact) mass is 514 g/mol. The number of benzene rings is 3. The molecule has 3 aromatic carbocycles. The van der Waals surface area contributed by atoms with E-state index in [1.165, 1.54) is 12.1 Å². The largest absolute Gasteiger partial charge is 0.489 e. The van der Waals surface area contributed by atoms with Crippen LogP contribution in [0.3, 0.4) is 0 Å². The van der Waals surface area contributed by atoms with E-state index in [-0.39, 0.29) is 24.1 Å². The molecule has 1 aliphatic heterocycles. The molecule has 7 nitrogen and oxygen atoms in total. The number of nitro groups is 1. The predicted octanol–water partition coefficient (Wildman–Crippen LogP) is 6.72. The molecule has 2 amide bonds. The minimum absolute atomic E-state index is 0.0128. The molecule has 4 rings (SSSR count). The van der Waals surface area contributed by atoms with Gasteiger partial charge in [0.25, 0.3) is 16.8 Å². The van der Waals surface area contributed by atoms with Crippen LogP contribution in [0.25, 0.3) is 6.08 Å². The summed E-state index contributed by atoms with van der Waals surface area (Å²) in [5.41, 5.74) is 2.18. The maximum atomic E-state index is 12.8. The Hall–Kier alpha value is -3.33. The molecule has 0 atom stereocenters. The molecule has 0 bridgehead atoms. The van der Waals surface area contributed by atoms with Gasteiger partial charge in [-0.25, -0.2) is 0 Å². The van der Waals surface area contributed by atoms with Crippen molar-refractivity contribution < 1.29 is 19.2 Å². The molecular formula is C24H16Cl2N2O5S. The Morgan fingerprint density at radius 1 is 0.971 bits per heavy atom. The van der Waals surface area contributed by atoms with Crippen LogP contribution in [0.15, 0.2) is 71.6 Å². The summed E-state index contributed by atoms with van der Waals surface area (Å²) in [5, 5.41) is 11.1. The number of nitro benzene ring substituents is 1. The van der Waals surface area contributed by atoms with Crippen LogP contribution in [0.5, 0.6) is 5.75 Å². The number of rotatable bonds is 7. The van der Waals surface area contributed by atoms with Gasteiger partial charge in [-0.2, -0.15) is 0 Å². The molecule has 0 aromatic heterocycles. The lowest BCUT2D eigenvalue weighted by molar-refractivity contribution is -0.384. The minimum Gasteiger partial charge on any atom is -0.489 e. The predicted molar refractivity (Wildman–Crippen MR) is 132 cm³/mol. The number of imide groups is 1. The van der Waals surface area contributed by atoms with Crippen LogP contribution in [0.4, 0.5) is 10.5 Å². The Balaban J connectivity index is 1.43. The molecule has 0 radical (unpaired) electrons. The first-order valence-corrected chi connectivity index (χ1v) is 11.5. The number of amides is 2. The summed E-state index contributed by atoms with van der Waals surface area (Å²) in [5.74, 6) is 0.167. The number of non-ortho nitro benzene ring substituents is 1. The summed E-state index contributed by atoms with van der Waals surface area (Å²) < 4.78 is 5.77. The van der Waals surface area contributed by atoms with Crippen molar-refractivity contribution in [3.05, 3.63) is 108 Å². The van der Waals surface area contributed by atoms with Crippen molar-refractivity contribution in [2.24, 2.45) is 0 Å². The zero-order valence-corrected chi connectivity index (χ0v) is 19.8. The van der Waals surface area contributed by atoms with Crippen molar-refractivity contribution in [3.63, 3.8) is 0 Å². The lowest BCUT2D eigenvalue weighted by Crippen LogP contribution is -2.27. The first kappa shape index (κ1) is 23.8. The van der Waals surface area contributed by atoms with E-state index in [2.05, 4.69) is 0 Å². The van der Waals surface area contributed by atoms with E-state index in [1.54, 1.807) is 60.7 Å². The van der Waals surface area contributed by atoms with Crippen molar-refractivity contribution in [2.45, 2.75) is 13.2 Å². The zero-order chi connectivity index (χ0) is 24.2. The third kappa shape index (κ3) is 5.59. The normalized spacial score (nSPS) is 14.6. The van der Waals surface area contributed by atoms with E-state index < -0.39 is 10.8 Å². The first-order chi connectivity index (χ1) is 16.3. The summed E-state index contributed by atoms with van der Waals surface area (Å²) >= 11 is 12.8. The van der Waals surface area contributed by atoms with Gasteiger partial charge in [-0.05, 0) is 70.9 Å². The standard InChI is InChI=1S/C24H16Cl2N2O5S/c25-20-9-6-17(11-21(20)26)13-27-23(29)22(34-24(27)30)12-16-2-1-3-19(10-16)33-14-15-4-7-18(8-5-15)28(31)32/h1-12H,13-14H2/b22-12+. The summed E-state index contributed by atoms with van der Waals surface area (Å²) in [7, 11) is 0. The fourth-order valence-electron chi connectivity index (χ4n) is 3.18. The van der Waals surface area contributed by atoms with E-state index in [0.717, 1.165) is 22.2 Å². The molecule has 0 saturated carbocycles. The fourth-order valence-corrected chi connectivity index (χ4v) is 4.34. The van der Waals surface area contributed by atoms with Gasteiger partial charge in [-0.3, -0.25) is 24.6 Å². The smallest absolute Gasteiger partial charge is 0.293 e. The molecular weight excluding hydrogens is 499 g/mol. The van der Waals surface area contributed by atoms with Crippen molar-refractivity contribution in [1.82, 2.24) is 4.90 Å². The second-order valence-corrected chi connectivity index (χ2v) is 9.11. The van der Waals surface area contributed by atoms with Crippen LogP contribution in [0.1, 0.15) is 16.7 Å². The van der Waals surface area contributed by atoms with Gasteiger partial charge >= 0.3 is 0 Å². The number of nitrogens with zero attached hydrogens (tertiary/aromatic N) is 2. The van der Waals surface area contributed by atoms with Crippen molar-refractivity contribution in [2.75, 3.05) is 0 Å². The third-order valence-electron chi connectivity index (χ3n) is 4.91. The quantitative estimate of drug-likeness (QED) is 0.197.